The summed E-state index contributed by atoms with van der Waals surface area (Å²) in [6.07, 6.45) is -0.294. The van der Waals surface area contributed by atoms with Gasteiger partial charge in [0.2, 0.25) is 0 Å². The van der Waals surface area contributed by atoms with Crippen LogP contribution >= 0.6 is 0 Å². The summed E-state index contributed by atoms with van der Waals surface area (Å²) in [5.41, 5.74) is 0.634. The van der Waals surface area contributed by atoms with Crippen LogP contribution in [0.3, 0.4) is 0 Å². The second kappa shape index (κ2) is 7.33. The topological polar surface area (TPSA) is 70.1 Å². The van der Waals surface area contributed by atoms with Crippen LogP contribution < -0.4 is 4.90 Å². The van der Waals surface area contributed by atoms with E-state index in [1.807, 2.05) is 26.8 Å². The molecular weight excluding hydrogens is 320 g/mol. The van der Waals surface area contributed by atoms with Crippen LogP contribution in [0.25, 0.3) is 0 Å². The van der Waals surface area contributed by atoms with E-state index in [9.17, 15) is 14.7 Å². The smallest absolute Gasteiger partial charge is 0.410 e. The van der Waals surface area contributed by atoms with Crippen LogP contribution in [-0.4, -0.2) is 53.3 Å². The Morgan fingerprint density at radius 1 is 1.24 bits per heavy atom. The fourth-order valence-corrected chi connectivity index (χ4v) is 3.01. The van der Waals surface area contributed by atoms with Gasteiger partial charge in [-0.05, 0) is 44.9 Å². The summed E-state index contributed by atoms with van der Waals surface area (Å²) < 4.78 is 5.49. The molecule has 25 heavy (non-hydrogen) atoms. The molecule has 6 nitrogen and oxygen atoms in total. The molecule has 0 unspecified atom stereocenters. The average molecular weight is 348 g/mol. The van der Waals surface area contributed by atoms with Gasteiger partial charge in [0, 0.05) is 31.4 Å². The average Bonchev–Trinajstić information content (AvgIpc) is 2.52. The number of ether oxygens (including phenoxy) is 1. The van der Waals surface area contributed by atoms with E-state index in [0.29, 0.717) is 25.6 Å². The molecule has 2 rings (SSSR count). The lowest BCUT2D eigenvalue weighted by Crippen LogP contribution is -2.57. The van der Waals surface area contributed by atoms with Crippen molar-refractivity contribution in [3.63, 3.8) is 0 Å². The number of benzene rings is 1. The molecule has 0 radical (unpaired) electrons. The summed E-state index contributed by atoms with van der Waals surface area (Å²) in [6, 6.07) is 7.07. The molecule has 0 saturated carbocycles. The molecule has 1 amide bonds. The number of anilines is 1. The van der Waals surface area contributed by atoms with Gasteiger partial charge in [-0.1, -0.05) is 19.9 Å². The number of carbonyl (C=O) groups is 2. The Balaban J connectivity index is 2.18. The second-order valence-electron chi connectivity index (χ2n) is 7.79. The number of amides is 1. The number of carboxylic acids is 1. The Hall–Kier alpha value is -2.24. The molecule has 6 heteroatoms. The quantitative estimate of drug-likeness (QED) is 0.906. The van der Waals surface area contributed by atoms with Crippen molar-refractivity contribution in [2.75, 3.05) is 24.5 Å². The molecule has 1 aliphatic rings. The largest absolute Gasteiger partial charge is 0.478 e. The molecule has 1 N–H and O–H groups in total. The molecule has 1 atom stereocenters. The van der Waals surface area contributed by atoms with Crippen molar-refractivity contribution < 1.29 is 19.4 Å². The van der Waals surface area contributed by atoms with Crippen LogP contribution in [0.2, 0.25) is 0 Å². The van der Waals surface area contributed by atoms with E-state index < -0.39 is 11.6 Å². The first-order chi connectivity index (χ1) is 11.6. The van der Waals surface area contributed by atoms with E-state index in [0.717, 1.165) is 5.69 Å². The van der Waals surface area contributed by atoms with Gasteiger partial charge in [-0.3, -0.25) is 0 Å². The van der Waals surface area contributed by atoms with Gasteiger partial charge in [0.25, 0.3) is 0 Å². The number of nitrogens with zero attached hydrogens (tertiary/aromatic N) is 2. The Morgan fingerprint density at radius 3 is 2.48 bits per heavy atom. The highest BCUT2D eigenvalue weighted by Gasteiger charge is 2.33. The molecule has 0 spiro atoms. The number of aromatic carboxylic acids is 1. The number of carboxylic acid groups (broad SMARTS) is 1. The van der Waals surface area contributed by atoms with Crippen molar-refractivity contribution >= 4 is 17.7 Å². The lowest BCUT2D eigenvalue weighted by atomic mass is 9.98. The van der Waals surface area contributed by atoms with E-state index in [1.165, 1.54) is 0 Å². The fourth-order valence-electron chi connectivity index (χ4n) is 3.01. The van der Waals surface area contributed by atoms with Gasteiger partial charge < -0.3 is 19.6 Å². The summed E-state index contributed by atoms with van der Waals surface area (Å²) in [5.74, 6) is -0.631. The SMILES string of the molecule is CC(C)[C@@H]1CN(C(=O)OC(C)(C)C)CCN1c1cccc(C(=O)O)c1. The third kappa shape index (κ3) is 4.87. The third-order valence-corrected chi connectivity index (χ3v) is 4.26. The summed E-state index contributed by atoms with van der Waals surface area (Å²) in [4.78, 5) is 27.5. The summed E-state index contributed by atoms with van der Waals surface area (Å²) in [6.45, 7) is 11.6. The first-order valence-corrected chi connectivity index (χ1v) is 8.66. The molecule has 1 aliphatic heterocycles. The van der Waals surface area contributed by atoms with Crippen molar-refractivity contribution in [3.05, 3.63) is 29.8 Å². The lowest BCUT2D eigenvalue weighted by Gasteiger charge is -2.44. The van der Waals surface area contributed by atoms with E-state index in [2.05, 4.69) is 18.7 Å². The maximum atomic E-state index is 12.4. The zero-order valence-corrected chi connectivity index (χ0v) is 15.7. The minimum Gasteiger partial charge on any atom is -0.478 e. The zero-order valence-electron chi connectivity index (χ0n) is 15.7. The number of piperazine rings is 1. The number of hydrogen-bond donors (Lipinski definition) is 1. The van der Waals surface area contributed by atoms with E-state index in [1.54, 1.807) is 23.1 Å². The number of carbonyl (C=O) groups excluding carboxylic acids is 1. The Morgan fingerprint density at radius 2 is 1.92 bits per heavy atom. The van der Waals surface area contributed by atoms with Gasteiger partial charge in [-0.25, -0.2) is 9.59 Å². The summed E-state index contributed by atoms with van der Waals surface area (Å²) in [5, 5.41) is 9.22. The molecule has 0 bridgehead atoms. The first kappa shape index (κ1) is 19.1. The minimum atomic E-state index is -0.935. The van der Waals surface area contributed by atoms with Gasteiger partial charge >= 0.3 is 12.1 Å². The fraction of sp³-hybridized carbons (Fsp3) is 0.579. The van der Waals surface area contributed by atoms with Gasteiger partial charge in [-0.15, -0.1) is 0 Å². The number of rotatable bonds is 3. The highest BCUT2D eigenvalue weighted by atomic mass is 16.6. The highest BCUT2D eigenvalue weighted by molar-refractivity contribution is 5.88. The van der Waals surface area contributed by atoms with Crippen molar-refractivity contribution in [1.82, 2.24) is 4.90 Å². The molecule has 1 fully saturated rings. The molecule has 1 saturated heterocycles. The van der Waals surface area contributed by atoms with Crippen LogP contribution in [0.4, 0.5) is 10.5 Å². The van der Waals surface area contributed by atoms with Crippen molar-refractivity contribution in [3.8, 4) is 0 Å². The maximum absolute atomic E-state index is 12.4. The van der Waals surface area contributed by atoms with Gasteiger partial charge in [-0.2, -0.15) is 0 Å². The summed E-state index contributed by atoms with van der Waals surface area (Å²) in [7, 11) is 0. The van der Waals surface area contributed by atoms with E-state index >= 15 is 0 Å². The van der Waals surface area contributed by atoms with E-state index in [4.69, 9.17) is 4.74 Å². The molecular formula is C19H28N2O4. The van der Waals surface area contributed by atoms with Crippen LogP contribution in [0.5, 0.6) is 0 Å². The predicted molar refractivity (Wildman–Crippen MR) is 97.2 cm³/mol. The van der Waals surface area contributed by atoms with Crippen molar-refractivity contribution in [2.45, 2.75) is 46.3 Å². The van der Waals surface area contributed by atoms with Crippen LogP contribution in [0.1, 0.15) is 45.0 Å². The minimum absolute atomic E-state index is 0.102. The normalized spacial score (nSPS) is 18.4. The molecule has 1 aromatic carbocycles. The van der Waals surface area contributed by atoms with Gasteiger partial charge in [0.05, 0.1) is 5.56 Å². The zero-order chi connectivity index (χ0) is 18.8. The van der Waals surface area contributed by atoms with Crippen molar-refractivity contribution in [2.24, 2.45) is 5.92 Å². The maximum Gasteiger partial charge on any atom is 0.410 e. The molecule has 0 aromatic heterocycles. The second-order valence-corrected chi connectivity index (χ2v) is 7.79. The van der Waals surface area contributed by atoms with Crippen LogP contribution in [0.15, 0.2) is 24.3 Å². The molecule has 0 aliphatic carbocycles. The van der Waals surface area contributed by atoms with Crippen LogP contribution in [-0.2, 0) is 4.74 Å². The van der Waals surface area contributed by atoms with Crippen molar-refractivity contribution in [1.29, 1.82) is 0 Å². The highest BCUT2D eigenvalue weighted by Crippen LogP contribution is 2.26. The predicted octanol–water partition coefficient (Wildman–Crippen LogP) is 3.47. The number of hydrogen-bond acceptors (Lipinski definition) is 4. The molecule has 138 valence electrons. The van der Waals surface area contributed by atoms with Gasteiger partial charge in [0.15, 0.2) is 0 Å². The van der Waals surface area contributed by atoms with Gasteiger partial charge in [0.1, 0.15) is 5.60 Å². The molecule has 1 heterocycles. The Labute approximate surface area is 149 Å². The van der Waals surface area contributed by atoms with E-state index in [-0.39, 0.29) is 17.7 Å². The Kier molecular flexibility index (Phi) is 5.60. The Bertz CT molecular complexity index is 637. The monoisotopic (exact) mass is 348 g/mol. The standard InChI is InChI=1S/C19H28N2O4/c1-13(2)16-12-20(18(24)25-19(3,4)5)9-10-21(16)15-8-6-7-14(11-15)17(22)23/h6-8,11,13,16H,9-10,12H2,1-5H3,(H,22,23)/t16-/m0/s1. The first-order valence-electron chi connectivity index (χ1n) is 8.66. The summed E-state index contributed by atoms with van der Waals surface area (Å²) >= 11 is 0. The van der Waals surface area contributed by atoms with Crippen LogP contribution in [0, 0.1) is 5.92 Å². The third-order valence-electron chi connectivity index (χ3n) is 4.26. The molecule has 1 aromatic rings. The lowest BCUT2D eigenvalue weighted by molar-refractivity contribution is 0.0202.